The van der Waals surface area contributed by atoms with Gasteiger partial charge < -0.3 is 14.6 Å². The first-order valence-corrected chi connectivity index (χ1v) is 8.18. The van der Waals surface area contributed by atoms with Crippen LogP contribution < -0.4 is 10.1 Å². The van der Waals surface area contributed by atoms with Gasteiger partial charge in [-0.1, -0.05) is 5.16 Å². The van der Waals surface area contributed by atoms with Gasteiger partial charge in [0.05, 0.1) is 13.2 Å². The molecule has 1 aliphatic rings. The van der Waals surface area contributed by atoms with Gasteiger partial charge in [-0.3, -0.25) is 9.69 Å². The molecule has 1 aromatic carbocycles. The Hall–Kier alpha value is -2.03. The molecular weight excluding hydrogens is 363 g/mol. The van der Waals surface area contributed by atoms with Gasteiger partial charge in [0.1, 0.15) is 0 Å². The van der Waals surface area contributed by atoms with Crippen LogP contribution in [0.5, 0.6) is 5.75 Å². The number of carbonyl (C=O) groups excluding carboxylic acids is 1. The van der Waals surface area contributed by atoms with Crippen LogP contribution in [0.4, 0.5) is 4.39 Å². The maximum Gasteiger partial charge on any atom is 0.227 e. The number of hydrogen-bond acceptors (Lipinski definition) is 7. The number of aromatic nitrogens is 2. The molecule has 2 aromatic rings. The van der Waals surface area contributed by atoms with E-state index in [2.05, 4.69) is 20.4 Å². The lowest BCUT2D eigenvalue weighted by Gasteiger charge is -2.30. The summed E-state index contributed by atoms with van der Waals surface area (Å²) in [6.07, 6.45) is 0.496. The van der Waals surface area contributed by atoms with Crippen LogP contribution in [0.15, 0.2) is 22.7 Å². The van der Waals surface area contributed by atoms with Gasteiger partial charge in [-0.15, -0.1) is 12.4 Å². The lowest BCUT2D eigenvalue weighted by molar-refractivity contribution is 0.0979. The van der Waals surface area contributed by atoms with Gasteiger partial charge in [-0.05, 0) is 25.2 Å². The molecule has 1 saturated heterocycles. The van der Waals surface area contributed by atoms with Gasteiger partial charge in [0.2, 0.25) is 5.89 Å². The van der Waals surface area contributed by atoms with Crippen molar-refractivity contribution < 1.29 is 18.4 Å². The van der Waals surface area contributed by atoms with Crippen molar-refractivity contribution in [2.24, 2.45) is 0 Å². The molecule has 0 spiro atoms. The van der Waals surface area contributed by atoms with Crippen LogP contribution in [0.1, 0.15) is 34.5 Å². The third-order valence-electron chi connectivity index (χ3n) is 4.33. The van der Waals surface area contributed by atoms with Gasteiger partial charge in [-0.2, -0.15) is 4.98 Å². The molecule has 2 heterocycles. The lowest BCUT2D eigenvalue weighted by Crippen LogP contribution is -2.44. The summed E-state index contributed by atoms with van der Waals surface area (Å²) >= 11 is 0. The highest BCUT2D eigenvalue weighted by atomic mass is 35.5. The average molecular weight is 385 g/mol. The first kappa shape index (κ1) is 20.3. The number of piperazine rings is 1. The standard InChI is InChI=1S/C17H21FN4O3.ClH/c1-22-8-7-19-10-13(22)17-20-16(25-21-17)6-4-14(23)11-3-5-15(24-2)12(18)9-11;/h3,5,9,13,19H,4,6-8,10H2,1-2H3;1H. The molecule has 1 aromatic heterocycles. The fourth-order valence-corrected chi connectivity index (χ4v) is 2.80. The first-order valence-electron chi connectivity index (χ1n) is 8.18. The number of benzene rings is 1. The summed E-state index contributed by atoms with van der Waals surface area (Å²) in [7, 11) is 3.40. The topological polar surface area (TPSA) is 80.5 Å². The smallest absolute Gasteiger partial charge is 0.227 e. The number of ether oxygens (including phenoxy) is 1. The Bertz CT molecular complexity index is 755. The molecule has 0 saturated carbocycles. The van der Waals surface area contributed by atoms with E-state index in [0.717, 1.165) is 19.6 Å². The number of methoxy groups -OCH3 is 1. The molecule has 1 fully saturated rings. The zero-order valence-corrected chi connectivity index (χ0v) is 15.5. The molecule has 26 heavy (non-hydrogen) atoms. The van der Waals surface area contributed by atoms with Crippen LogP contribution in [0.2, 0.25) is 0 Å². The maximum atomic E-state index is 13.7. The Balaban J connectivity index is 0.00000243. The molecule has 1 atom stereocenters. The number of likely N-dealkylation sites (N-methyl/N-ethyl adjacent to an activating group) is 1. The van der Waals surface area contributed by atoms with Crippen molar-refractivity contribution in [1.82, 2.24) is 20.4 Å². The van der Waals surface area contributed by atoms with Crippen molar-refractivity contribution in [2.75, 3.05) is 33.8 Å². The van der Waals surface area contributed by atoms with Crippen LogP contribution in [0, 0.1) is 5.82 Å². The largest absolute Gasteiger partial charge is 0.494 e. The quantitative estimate of drug-likeness (QED) is 0.763. The molecule has 0 aliphatic carbocycles. The van der Waals surface area contributed by atoms with Crippen molar-refractivity contribution >= 4 is 18.2 Å². The van der Waals surface area contributed by atoms with Gasteiger partial charge in [0, 0.05) is 38.0 Å². The molecule has 9 heteroatoms. The minimum absolute atomic E-state index is 0. The van der Waals surface area contributed by atoms with Crippen LogP contribution in [0.25, 0.3) is 0 Å². The highest BCUT2D eigenvalue weighted by Gasteiger charge is 2.25. The number of carbonyl (C=O) groups is 1. The third-order valence-corrected chi connectivity index (χ3v) is 4.33. The normalized spacial score (nSPS) is 17.6. The lowest BCUT2D eigenvalue weighted by atomic mass is 10.1. The highest BCUT2D eigenvalue weighted by Crippen LogP contribution is 2.20. The predicted molar refractivity (Wildman–Crippen MR) is 95.4 cm³/mol. The second-order valence-electron chi connectivity index (χ2n) is 6.02. The Labute approximate surface area is 157 Å². The SMILES string of the molecule is COc1ccc(C(=O)CCc2nc(C3CNCCN3C)no2)cc1F.Cl. The van der Waals surface area contributed by atoms with Gasteiger partial charge in [-0.25, -0.2) is 4.39 Å². The number of ketones is 1. The summed E-state index contributed by atoms with van der Waals surface area (Å²) in [6, 6.07) is 4.24. The van der Waals surface area contributed by atoms with Crippen LogP contribution in [-0.2, 0) is 6.42 Å². The summed E-state index contributed by atoms with van der Waals surface area (Å²) in [5.41, 5.74) is 0.300. The van der Waals surface area contributed by atoms with E-state index in [1.807, 2.05) is 7.05 Å². The molecule has 1 aliphatic heterocycles. The number of rotatable bonds is 6. The zero-order valence-electron chi connectivity index (χ0n) is 14.7. The Morgan fingerprint density at radius 3 is 3.00 bits per heavy atom. The van der Waals surface area contributed by atoms with E-state index in [-0.39, 0.29) is 36.4 Å². The summed E-state index contributed by atoms with van der Waals surface area (Å²) < 4.78 is 23.8. The fourth-order valence-electron chi connectivity index (χ4n) is 2.80. The number of hydrogen-bond donors (Lipinski definition) is 1. The number of Topliss-reactive ketones (excluding diaryl/α,β-unsaturated/α-hetero) is 1. The molecule has 3 rings (SSSR count). The van der Waals surface area contributed by atoms with Crippen LogP contribution >= 0.6 is 12.4 Å². The van der Waals surface area contributed by atoms with Crippen molar-refractivity contribution in [2.45, 2.75) is 18.9 Å². The monoisotopic (exact) mass is 384 g/mol. The molecule has 7 nitrogen and oxygen atoms in total. The summed E-state index contributed by atoms with van der Waals surface area (Å²) in [5.74, 6) is 0.409. The molecular formula is C17H22ClFN4O3. The van der Waals surface area contributed by atoms with Gasteiger partial charge in [0.15, 0.2) is 23.2 Å². The van der Waals surface area contributed by atoms with E-state index in [0.29, 0.717) is 23.7 Å². The predicted octanol–water partition coefficient (Wildman–Crippen LogP) is 2.03. The molecule has 1 unspecified atom stereocenters. The number of nitrogens with zero attached hydrogens (tertiary/aromatic N) is 3. The summed E-state index contributed by atoms with van der Waals surface area (Å²) in [6.45, 7) is 2.61. The van der Waals surface area contributed by atoms with Crippen LogP contribution in [-0.4, -0.2) is 54.6 Å². The minimum atomic E-state index is -0.554. The highest BCUT2D eigenvalue weighted by molar-refractivity contribution is 5.96. The molecule has 0 bridgehead atoms. The fraction of sp³-hybridized carbons (Fsp3) is 0.471. The van der Waals surface area contributed by atoms with Crippen molar-refractivity contribution in [3.8, 4) is 5.75 Å². The van der Waals surface area contributed by atoms with E-state index in [1.165, 1.54) is 19.2 Å². The Morgan fingerprint density at radius 2 is 2.31 bits per heavy atom. The summed E-state index contributed by atoms with van der Waals surface area (Å²) in [4.78, 5) is 18.8. The first-order chi connectivity index (χ1) is 12.1. The van der Waals surface area contributed by atoms with E-state index in [9.17, 15) is 9.18 Å². The van der Waals surface area contributed by atoms with Gasteiger partial charge >= 0.3 is 0 Å². The summed E-state index contributed by atoms with van der Waals surface area (Å²) in [5, 5.41) is 7.32. The number of aryl methyl sites for hydroxylation is 1. The minimum Gasteiger partial charge on any atom is -0.494 e. The number of halogens is 2. The van der Waals surface area contributed by atoms with E-state index < -0.39 is 5.82 Å². The van der Waals surface area contributed by atoms with E-state index in [1.54, 1.807) is 6.07 Å². The van der Waals surface area contributed by atoms with Crippen molar-refractivity contribution in [1.29, 1.82) is 0 Å². The third kappa shape index (κ3) is 4.57. The van der Waals surface area contributed by atoms with Crippen molar-refractivity contribution in [3.63, 3.8) is 0 Å². The zero-order chi connectivity index (χ0) is 17.8. The van der Waals surface area contributed by atoms with E-state index >= 15 is 0 Å². The Morgan fingerprint density at radius 1 is 1.50 bits per heavy atom. The second kappa shape index (κ2) is 9.07. The van der Waals surface area contributed by atoms with Crippen LogP contribution in [0.3, 0.4) is 0 Å². The maximum absolute atomic E-state index is 13.7. The van der Waals surface area contributed by atoms with Gasteiger partial charge in [0.25, 0.3) is 0 Å². The average Bonchev–Trinajstić information content (AvgIpc) is 3.08. The molecule has 1 N–H and O–H groups in total. The molecule has 0 amide bonds. The van der Waals surface area contributed by atoms with Crippen molar-refractivity contribution in [3.05, 3.63) is 41.3 Å². The Kier molecular flexibility index (Phi) is 7.07. The molecule has 0 radical (unpaired) electrons. The van der Waals surface area contributed by atoms with E-state index in [4.69, 9.17) is 9.26 Å². The molecule has 142 valence electrons. The number of nitrogens with one attached hydrogen (secondary N) is 1. The second-order valence-corrected chi connectivity index (χ2v) is 6.02.